The number of anilines is 2. The summed E-state index contributed by atoms with van der Waals surface area (Å²) in [6.07, 6.45) is 0.0139. The van der Waals surface area contributed by atoms with Crippen LogP contribution in [0.25, 0.3) is 0 Å². The molecule has 0 aliphatic rings. The van der Waals surface area contributed by atoms with Gasteiger partial charge in [0.2, 0.25) is 0 Å². The lowest BCUT2D eigenvalue weighted by Gasteiger charge is -2.05. The minimum Gasteiger partial charge on any atom is -0.399 e. The van der Waals surface area contributed by atoms with Gasteiger partial charge in [-0.05, 0) is 48.4 Å². The van der Waals surface area contributed by atoms with Gasteiger partial charge in [0.1, 0.15) is 0 Å². The largest absolute Gasteiger partial charge is 0.399 e. The molecule has 0 bridgehead atoms. The highest BCUT2D eigenvalue weighted by Crippen LogP contribution is 2.14. The van der Waals surface area contributed by atoms with E-state index in [0.29, 0.717) is 16.9 Å². The maximum absolute atomic E-state index is 11.9. The van der Waals surface area contributed by atoms with E-state index < -0.39 is 11.9 Å². The summed E-state index contributed by atoms with van der Waals surface area (Å²) in [5.74, 6) is -1.29. The highest BCUT2D eigenvalue weighted by Gasteiger charge is 2.14. The Balaban J connectivity index is 2.00. The molecule has 108 valence electrons. The van der Waals surface area contributed by atoms with E-state index in [4.69, 9.17) is 16.2 Å². The minimum absolute atomic E-state index is 0.0139. The lowest BCUT2D eigenvalue weighted by Crippen LogP contribution is -2.15. The van der Waals surface area contributed by atoms with Crippen molar-refractivity contribution in [3.8, 4) is 0 Å². The first kappa shape index (κ1) is 14.6. The van der Waals surface area contributed by atoms with Crippen LogP contribution in [-0.4, -0.2) is 11.9 Å². The van der Waals surface area contributed by atoms with Gasteiger partial charge in [-0.2, -0.15) is 0 Å². The molecule has 0 spiro atoms. The van der Waals surface area contributed by atoms with Crippen LogP contribution in [0.3, 0.4) is 0 Å². The van der Waals surface area contributed by atoms with Gasteiger partial charge in [-0.3, -0.25) is 4.79 Å². The van der Waals surface area contributed by atoms with Crippen LogP contribution in [0.4, 0.5) is 11.4 Å². The summed E-state index contributed by atoms with van der Waals surface area (Å²) in [7, 11) is 0. The molecule has 2 aromatic carbocycles. The Morgan fingerprint density at radius 1 is 1.05 bits per heavy atom. The third kappa shape index (κ3) is 3.82. The van der Waals surface area contributed by atoms with Crippen LogP contribution in [0.5, 0.6) is 0 Å². The minimum atomic E-state index is -0.682. The second-order valence-electron chi connectivity index (χ2n) is 4.75. The van der Waals surface area contributed by atoms with Crippen molar-refractivity contribution in [2.24, 2.45) is 0 Å². The van der Waals surface area contributed by atoms with Gasteiger partial charge in [-0.15, -0.1) is 0 Å². The molecule has 0 heterocycles. The van der Waals surface area contributed by atoms with Crippen LogP contribution in [0, 0.1) is 6.92 Å². The van der Waals surface area contributed by atoms with E-state index >= 15 is 0 Å². The summed E-state index contributed by atoms with van der Waals surface area (Å²) in [5.41, 5.74) is 14.2. The zero-order valence-electron chi connectivity index (χ0n) is 11.6. The number of carbonyl (C=O) groups excluding carboxylic acids is 2. The number of aryl methyl sites for hydroxylation is 1. The molecule has 2 aromatic rings. The fourth-order valence-corrected chi connectivity index (χ4v) is 1.80. The molecule has 5 heteroatoms. The molecule has 2 rings (SSSR count). The van der Waals surface area contributed by atoms with Crippen molar-refractivity contribution in [2.75, 3.05) is 11.5 Å². The van der Waals surface area contributed by atoms with Crippen molar-refractivity contribution in [3.05, 3.63) is 59.2 Å². The number of benzene rings is 2. The Hall–Kier alpha value is -2.82. The van der Waals surface area contributed by atoms with Gasteiger partial charge in [-0.1, -0.05) is 12.1 Å². The molecule has 0 saturated carbocycles. The number of hydrogen-bond acceptors (Lipinski definition) is 5. The quantitative estimate of drug-likeness (QED) is 0.511. The van der Waals surface area contributed by atoms with Crippen molar-refractivity contribution < 1.29 is 14.3 Å². The molecule has 0 amide bonds. The van der Waals surface area contributed by atoms with Crippen LogP contribution in [0.1, 0.15) is 21.5 Å². The Morgan fingerprint density at radius 2 is 1.71 bits per heavy atom. The molecule has 0 fully saturated rings. The maximum atomic E-state index is 11.9. The lowest BCUT2D eigenvalue weighted by molar-refractivity contribution is -0.137. The molecule has 4 N–H and O–H groups in total. The van der Waals surface area contributed by atoms with E-state index in [1.165, 1.54) is 6.07 Å². The molecular weight excluding hydrogens is 268 g/mol. The molecule has 0 unspecified atom stereocenters. The first-order valence-electron chi connectivity index (χ1n) is 6.41. The second kappa shape index (κ2) is 6.09. The summed E-state index contributed by atoms with van der Waals surface area (Å²) in [6.45, 7) is 1.78. The third-order valence-electron chi connectivity index (χ3n) is 3.04. The molecule has 5 nitrogen and oxygen atoms in total. The fourth-order valence-electron chi connectivity index (χ4n) is 1.80. The second-order valence-corrected chi connectivity index (χ2v) is 4.75. The summed E-state index contributed by atoms with van der Waals surface area (Å²) in [6, 6.07) is 11.5. The summed E-state index contributed by atoms with van der Waals surface area (Å²) >= 11 is 0. The lowest BCUT2D eigenvalue weighted by atomic mass is 10.1. The number of nitrogens with two attached hydrogens (primary N) is 2. The van der Waals surface area contributed by atoms with Gasteiger partial charge >= 0.3 is 11.9 Å². The van der Waals surface area contributed by atoms with Gasteiger partial charge in [0.05, 0.1) is 12.0 Å². The average molecular weight is 284 g/mol. The number of ether oxygens (including phenoxy) is 1. The Bertz CT molecular complexity index is 678. The van der Waals surface area contributed by atoms with Gasteiger partial charge in [-0.25, -0.2) is 4.79 Å². The molecule has 0 aliphatic heterocycles. The van der Waals surface area contributed by atoms with E-state index in [9.17, 15) is 9.59 Å². The van der Waals surface area contributed by atoms with Gasteiger partial charge < -0.3 is 16.2 Å². The van der Waals surface area contributed by atoms with Crippen LogP contribution in [0.15, 0.2) is 42.5 Å². The van der Waals surface area contributed by atoms with Crippen molar-refractivity contribution in [1.82, 2.24) is 0 Å². The van der Waals surface area contributed by atoms with E-state index in [1.807, 2.05) is 0 Å². The van der Waals surface area contributed by atoms with Crippen LogP contribution < -0.4 is 11.5 Å². The van der Waals surface area contributed by atoms with Crippen molar-refractivity contribution >= 4 is 23.3 Å². The van der Waals surface area contributed by atoms with E-state index in [0.717, 1.165) is 11.1 Å². The zero-order valence-corrected chi connectivity index (χ0v) is 11.6. The molecule has 0 atom stereocenters. The molecule has 0 aliphatic carbocycles. The zero-order chi connectivity index (χ0) is 15.4. The van der Waals surface area contributed by atoms with Gasteiger partial charge in [0.15, 0.2) is 0 Å². The third-order valence-corrected chi connectivity index (χ3v) is 3.04. The van der Waals surface area contributed by atoms with Crippen LogP contribution >= 0.6 is 0 Å². The Kier molecular flexibility index (Phi) is 4.23. The normalized spacial score (nSPS) is 10.1. The van der Waals surface area contributed by atoms with E-state index in [1.54, 1.807) is 43.3 Å². The van der Waals surface area contributed by atoms with Crippen LogP contribution in [0.2, 0.25) is 0 Å². The number of esters is 2. The Labute approximate surface area is 122 Å². The van der Waals surface area contributed by atoms with Crippen molar-refractivity contribution in [2.45, 2.75) is 13.3 Å². The van der Waals surface area contributed by atoms with E-state index in [-0.39, 0.29) is 6.42 Å². The number of hydrogen-bond donors (Lipinski definition) is 2. The Morgan fingerprint density at radius 3 is 2.33 bits per heavy atom. The number of carbonyl (C=O) groups is 2. The summed E-state index contributed by atoms with van der Waals surface area (Å²) in [5, 5.41) is 0. The first-order valence-corrected chi connectivity index (χ1v) is 6.41. The smallest absolute Gasteiger partial charge is 0.345 e. The SMILES string of the molecule is Cc1cc(C(=O)OC(=O)Cc2ccc(N)cc2)ccc1N. The van der Waals surface area contributed by atoms with Crippen molar-refractivity contribution in [1.29, 1.82) is 0 Å². The highest BCUT2D eigenvalue weighted by molar-refractivity contribution is 5.97. The highest BCUT2D eigenvalue weighted by atomic mass is 16.6. The molecule has 0 aromatic heterocycles. The standard InChI is InChI=1S/C16H16N2O3/c1-10-8-12(4-7-14(10)18)16(20)21-15(19)9-11-2-5-13(17)6-3-11/h2-8H,9,17-18H2,1H3. The molecular formula is C16H16N2O3. The van der Waals surface area contributed by atoms with Gasteiger partial charge in [0, 0.05) is 11.4 Å². The molecule has 21 heavy (non-hydrogen) atoms. The number of nitrogen functional groups attached to an aromatic ring is 2. The number of rotatable bonds is 3. The van der Waals surface area contributed by atoms with Crippen molar-refractivity contribution in [3.63, 3.8) is 0 Å². The predicted molar refractivity (Wildman–Crippen MR) is 80.6 cm³/mol. The van der Waals surface area contributed by atoms with E-state index in [2.05, 4.69) is 0 Å². The topological polar surface area (TPSA) is 95.4 Å². The summed E-state index contributed by atoms with van der Waals surface area (Å²) < 4.78 is 4.82. The van der Waals surface area contributed by atoms with Gasteiger partial charge in [0.25, 0.3) is 0 Å². The molecule has 0 radical (unpaired) electrons. The molecule has 0 saturated heterocycles. The fraction of sp³-hybridized carbons (Fsp3) is 0.125. The monoisotopic (exact) mass is 284 g/mol. The maximum Gasteiger partial charge on any atom is 0.345 e. The summed E-state index contributed by atoms with van der Waals surface area (Å²) in [4.78, 5) is 23.6. The predicted octanol–water partition coefficient (Wildman–Crippen LogP) is 2.09. The first-order chi connectivity index (χ1) is 9.95. The van der Waals surface area contributed by atoms with Crippen LogP contribution in [-0.2, 0) is 16.0 Å². The average Bonchev–Trinajstić information content (AvgIpc) is 2.44.